The third-order valence-electron chi connectivity index (χ3n) is 3.72. The average Bonchev–Trinajstić information content (AvgIpc) is 2.83. The van der Waals surface area contributed by atoms with E-state index in [1.807, 2.05) is 0 Å². The van der Waals surface area contributed by atoms with Crippen LogP contribution in [0.1, 0.15) is 27.0 Å². The molecule has 0 atom stereocenters. The molecule has 0 unspecified atom stereocenters. The Bertz CT molecular complexity index is 808. The van der Waals surface area contributed by atoms with Crippen LogP contribution in [0.15, 0.2) is 52.9 Å². The highest BCUT2D eigenvalue weighted by Crippen LogP contribution is 2.37. The van der Waals surface area contributed by atoms with Crippen molar-refractivity contribution in [3.8, 4) is 0 Å². The van der Waals surface area contributed by atoms with Crippen molar-refractivity contribution >= 4 is 23.6 Å². The molecule has 6 heteroatoms. The average molecular weight is 350 g/mol. The molecule has 0 amide bonds. The van der Waals surface area contributed by atoms with Gasteiger partial charge >= 0.3 is 5.51 Å². The third kappa shape index (κ3) is 3.71. The molecule has 0 aromatic heterocycles. The van der Waals surface area contributed by atoms with E-state index in [1.165, 1.54) is 12.1 Å². The molecule has 0 saturated heterocycles. The van der Waals surface area contributed by atoms with Crippen LogP contribution in [0.25, 0.3) is 6.08 Å². The molecule has 0 heterocycles. The van der Waals surface area contributed by atoms with E-state index >= 15 is 0 Å². The molecule has 2 aromatic rings. The number of rotatable bonds is 3. The van der Waals surface area contributed by atoms with Crippen molar-refractivity contribution < 1.29 is 23.1 Å². The number of halogens is 3. The summed E-state index contributed by atoms with van der Waals surface area (Å²) in [6, 6.07) is 11.1. The molecule has 0 saturated carbocycles. The van der Waals surface area contributed by atoms with E-state index in [4.69, 9.17) is 5.11 Å². The van der Waals surface area contributed by atoms with Crippen molar-refractivity contribution in [2.75, 3.05) is 0 Å². The van der Waals surface area contributed by atoms with Gasteiger partial charge in [0.05, 0.1) is 6.61 Å². The van der Waals surface area contributed by atoms with Crippen LogP contribution in [-0.2, 0) is 13.0 Å². The van der Waals surface area contributed by atoms with Gasteiger partial charge in [-0.25, -0.2) is 0 Å². The molecule has 24 heavy (non-hydrogen) atoms. The van der Waals surface area contributed by atoms with Gasteiger partial charge in [0.15, 0.2) is 5.78 Å². The Labute approximate surface area is 141 Å². The van der Waals surface area contributed by atoms with E-state index in [-0.39, 0.29) is 29.0 Å². The summed E-state index contributed by atoms with van der Waals surface area (Å²) in [5.74, 6) is -0.0803. The zero-order valence-electron chi connectivity index (χ0n) is 12.4. The molecule has 2 nitrogen and oxygen atoms in total. The van der Waals surface area contributed by atoms with Gasteiger partial charge in [0.2, 0.25) is 0 Å². The topological polar surface area (TPSA) is 37.3 Å². The van der Waals surface area contributed by atoms with Crippen LogP contribution >= 0.6 is 11.8 Å². The number of ketones is 1. The lowest BCUT2D eigenvalue weighted by atomic mass is 10.1. The maximum absolute atomic E-state index is 12.4. The smallest absolute Gasteiger partial charge is 0.392 e. The van der Waals surface area contributed by atoms with E-state index in [0.29, 0.717) is 23.1 Å². The summed E-state index contributed by atoms with van der Waals surface area (Å²) in [5.41, 5.74) is -0.814. The van der Waals surface area contributed by atoms with E-state index in [2.05, 4.69) is 0 Å². The monoisotopic (exact) mass is 350 g/mol. The maximum Gasteiger partial charge on any atom is 0.446 e. The van der Waals surface area contributed by atoms with Gasteiger partial charge in [0, 0.05) is 22.5 Å². The number of Topliss-reactive ketones (excluding diaryl/α,β-unsaturated/α-hetero) is 1. The van der Waals surface area contributed by atoms with Crippen LogP contribution in [-0.4, -0.2) is 16.4 Å². The van der Waals surface area contributed by atoms with E-state index < -0.39 is 5.51 Å². The quantitative estimate of drug-likeness (QED) is 0.649. The van der Waals surface area contributed by atoms with Gasteiger partial charge in [-0.1, -0.05) is 30.3 Å². The Morgan fingerprint density at radius 3 is 2.46 bits per heavy atom. The number of alkyl halides is 3. The number of carbonyl (C=O) groups excluding carboxylic acids is 1. The second kappa shape index (κ2) is 6.45. The van der Waals surface area contributed by atoms with Gasteiger partial charge in [0.1, 0.15) is 0 Å². The minimum absolute atomic E-state index is 0.0803. The first kappa shape index (κ1) is 16.8. The summed E-state index contributed by atoms with van der Waals surface area (Å²) < 4.78 is 37.0. The fourth-order valence-corrected chi connectivity index (χ4v) is 3.19. The van der Waals surface area contributed by atoms with Gasteiger partial charge in [-0.2, -0.15) is 13.2 Å². The molecule has 0 radical (unpaired) electrons. The second-order valence-electron chi connectivity index (χ2n) is 5.44. The molecule has 0 fully saturated rings. The Hall–Kier alpha value is -2.05. The van der Waals surface area contributed by atoms with Crippen molar-refractivity contribution in [3.63, 3.8) is 0 Å². The molecule has 124 valence electrons. The number of hydrogen-bond donors (Lipinski definition) is 1. The second-order valence-corrected chi connectivity index (χ2v) is 6.58. The molecule has 1 aliphatic carbocycles. The largest absolute Gasteiger partial charge is 0.446 e. The number of thioether (sulfide) groups is 1. The molecule has 0 spiro atoms. The van der Waals surface area contributed by atoms with Crippen molar-refractivity contribution in [1.29, 1.82) is 0 Å². The predicted molar refractivity (Wildman–Crippen MR) is 86.7 cm³/mol. The van der Waals surface area contributed by atoms with Crippen molar-refractivity contribution in [1.82, 2.24) is 0 Å². The van der Waals surface area contributed by atoms with Crippen molar-refractivity contribution in [3.05, 3.63) is 70.3 Å². The highest BCUT2D eigenvalue weighted by molar-refractivity contribution is 8.00. The standard InChI is InChI=1S/C18H13F3O2S/c19-18(20,21)24-15-4-1-11(2-5-15)7-14-9-13-8-12(10-22)3-6-16(13)17(14)23/h1-8,22H,9-10H2/b14-7+. The molecule has 0 bridgehead atoms. The minimum atomic E-state index is -4.31. The predicted octanol–water partition coefficient (Wildman–Crippen LogP) is 4.61. The van der Waals surface area contributed by atoms with Crippen molar-refractivity contribution in [2.24, 2.45) is 0 Å². The number of allylic oxidation sites excluding steroid dienone is 1. The number of benzene rings is 2. The summed E-state index contributed by atoms with van der Waals surface area (Å²) >= 11 is -0.165. The van der Waals surface area contributed by atoms with E-state index in [9.17, 15) is 18.0 Å². The number of carbonyl (C=O) groups is 1. The van der Waals surface area contributed by atoms with Crippen LogP contribution in [0.5, 0.6) is 0 Å². The number of aliphatic hydroxyl groups is 1. The van der Waals surface area contributed by atoms with E-state index in [1.54, 1.807) is 36.4 Å². The SMILES string of the molecule is O=C1/C(=C/c2ccc(SC(F)(F)F)cc2)Cc2cc(CO)ccc21. The van der Waals surface area contributed by atoms with Crippen LogP contribution in [0.3, 0.4) is 0 Å². The van der Waals surface area contributed by atoms with Crippen LogP contribution in [0.2, 0.25) is 0 Å². The van der Waals surface area contributed by atoms with Crippen LogP contribution in [0.4, 0.5) is 13.2 Å². The first-order valence-electron chi connectivity index (χ1n) is 7.19. The Kier molecular flexibility index (Phi) is 4.51. The van der Waals surface area contributed by atoms with E-state index in [0.717, 1.165) is 11.1 Å². The highest BCUT2D eigenvalue weighted by Gasteiger charge is 2.29. The van der Waals surface area contributed by atoms with Gasteiger partial charge in [-0.15, -0.1) is 0 Å². The minimum Gasteiger partial charge on any atom is -0.392 e. The summed E-state index contributed by atoms with van der Waals surface area (Å²) in [6.07, 6.45) is 2.16. The zero-order chi connectivity index (χ0) is 17.3. The fraction of sp³-hybridized carbons (Fsp3) is 0.167. The first-order chi connectivity index (χ1) is 11.4. The summed E-state index contributed by atoms with van der Waals surface area (Å²) in [7, 11) is 0. The molecule has 0 aliphatic heterocycles. The van der Waals surface area contributed by atoms with Crippen molar-refractivity contribution in [2.45, 2.75) is 23.4 Å². The molecule has 1 aliphatic rings. The van der Waals surface area contributed by atoms with Crippen LogP contribution in [0, 0.1) is 0 Å². The lowest BCUT2D eigenvalue weighted by molar-refractivity contribution is -0.0328. The Morgan fingerprint density at radius 1 is 1.12 bits per heavy atom. The lowest BCUT2D eigenvalue weighted by Crippen LogP contribution is -1.98. The summed E-state index contributed by atoms with van der Waals surface area (Å²) in [4.78, 5) is 12.5. The van der Waals surface area contributed by atoms with Crippen LogP contribution < -0.4 is 0 Å². The molecular weight excluding hydrogens is 337 g/mol. The zero-order valence-corrected chi connectivity index (χ0v) is 13.2. The Morgan fingerprint density at radius 2 is 1.83 bits per heavy atom. The molecule has 3 rings (SSSR count). The highest BCUT2D eigenvalue weighted by atomic mass is 32.2. The maximum atomic E-state index is 12.4. The molecule has 1 N–H and O–H groups in total. The molecule has 2 aromatic carbocycles. The third-order valence-corrected chi connectivity index (χ3v) is 4.46. The fourth-order valence-electron chi connectivity index (χ4n) is 2.66. The summed E-state index contributed by atoms with van der Waals surface area (Å²) in [5, 5.41) is 9.16. The normalized spacial score (nSPS) is 15.8. The van der Waals surface area contributed by atoms with Gasteiger partial charge in [-0.3, -0.25) is 4.79 Å². The lowest BCUT2D eigenvalue weighted by Gasteiger charge is -2.05. The van der Waals surface area contributed by atoms with Gasteiger partial charge in [0.25, 0.3) is 0 Å². The first-order valence-corrected chi connectivity index (χ1v) is 8.01. The Balaban J connectivity index is 1.81. The van der Waals surface area contributed by atoms with Gasteiger partial charge < -0.3 is 5.11 Å². The van der Waals surface area contributed by atoms with Gasteiger partial charge in [-0.05, 0) is 46.7 Å². The summed E-state index contributed by atoms with van der Waals surface area (Å²) in [6.45, 7) is -0.0845. The number of fused-ring (bicyclic) bond motifs is 1. The number of aliphatic hydroxyl groups excluding tert-OH is 1. The molecular formula is C18H13F3O2S. The number of hydrogen-bond acceptors (Lipinski definition) is 3.